The van der Waals surface area contributed by atoms with Gasteiger partial charge >= 0.3 is 0 Å². The monoisotopic (exact) mass is 320 g/mol. The highest BCUT2D eigenvalue weighted by Crippen LogP contribution is 2.28. The van der Waals surface area contributed by atoms with E-state index in [1.807, 2.05) is 0 Å². The van der Waals surface area contributed by atoms with Crippen LogP contribution in [0.5, 0.6) is 0 Å². The zero-order valence-electron chi connectivity index (χ0n) is 8.66. The molecule has 1 aromatic rings. The largest absolute Gasteiger partial charge is 0.390 e. The van der Waals surface area contributed by atoms with E-state index in [0.29, 0.717) is 10.0 Å². The second-order valence-electron chi connectivity index (χ2n) is 3.28. The van der Waals surface area contributed by atoms with Crippen LogP contribution in [0.4, 0.5) is 0 Å². The van der Waals surface area contributed by atoms with Gasteiger partial charge in [-0.1, -0.05) is 16.7 Å². The quantitative estimate of drug-likeness (QED) is 0.377. The molecule has 0 saturated carbocycles. The summed E-state index contributed by atoms with van der Waals surface area (Å²) in [6, 6.07) is 1.47. The molecule has 2 N–H and O–H groups in total. The minimum atomic E-state index is -1.11. The van der Waals surface area contributed by atoms with Crippen molar-refractivity contribution in [1.82, 2.24) is 4.98 Å². The lowest BCUT2D eigenvalue weighted by Gasteiger charge is -2.18. The molecule has 0 saturated heterocycles. The predicted molar refractivity (Wildman–Crippen MR) is 66.5 cm³/mol. The number of hydrogen-bond donors (Lipinski definition) is 2. The maximum absolute atomic E-state index is 9.89. The molecule has 0 spiro atoms. The SMILES string of the molecule is [N-]=[N+]=NCCC(O)C(O)c1cc(Cl)ncc1Br. The van der Waals surface area contributed by atoms with Gasteiger partial charge < -0.3 is 10.2 Å². The smallest absolute Gasteiger partial charge is 0.129 e. The Morgan fingerprint density at radius 2 is 2.29 bits per heavy atom. The second-order valence-corrected chi connectivity index (χ2v) is 4.53. The van der Waals surface area contributed by atoms with Gasteiger partial charge in [-0.05, 0) is 33.9 Å². The van der Waals surface area contributed by atoms with Gasteiger partial charge in [-0.2, -0.15) is 0 Å². The molecule has 0 amide bonds. The van der Waals surface area contributed by atoms with E-state index >= 15 is 0 Å². The molecular weight excluding hydrogens is 311 g/mol. The second kappa shape index (κ2) is 6.78. The lowest BCUT2D eigenvalue weighted by Crippen LogP contribution is -2.19. The third-order valence-corrected chi connectivity index (χ3v) is 2.99. The van der Waals surface area contributed by atoms with Crippen molar-refractivity contribution in [3.05, 3.63) is 37.9 Å². The number of aliphatic hydroxyl groups excluding tert-OH is 2. The highest BCUT2D eigenvalue weighted by atomic mass is 79.9. The standard InChI is InChI=1S/C9H10BrClN4O2/c10-6-4-13-8(11)3-5(6)9(17)7(16)1-2-14-15-12/h3-4,7,9,16-17H,1-2H2. The molecule has 6 nitrogen and oxygen atoms in total. The topological polar surface area (TPSA) is 102 Å². The summed E-state index contributed by atoms with van der Waals surface area (Å²) in [5, 5.41) is 23.1. The van der Waals surface area contributed by atoms with Crippen LogP contribution < -0.4 is 0 Å². The Morgan fingerprint density at radius 3 is 2.94 bits per heavy atom. The minimum Gasteiger partial charge on any atom is -0.390 e. The molecule has 1 aromatic heterocycles. The first-order valence-corrected chi connectivity index (χ1v) is 5.91. The van der Waals surface area contributed by atoms with Crippen LogP contribution in [0.3, 0.4) is 0 Å². The van der Waals surface area contributed by atoms with Crippen molar-refractivity contribution in [2.75, 3.05) is 6.54 Å². The van der Waals surface area contributed by atoms with Crippen molar-refractivity contribution in [3.8, 4) is 0 Å². The molecule has 92 valence electrons. The number of nitrogens with zero attached hydrogens (tertiary/aromatic N) is 4. The average Bonchev–Trinajstić information content (AvgIpc) is 2.31. The van der Waals surface area contributed by atoms with E-state index in [4.69, 9.17) is 17.1 Å². The first kappa shape index (κ1) is 14.2. The summed E-state index contributed by atoms with van der Waals surface area (Å²) in [5.41, 5.74) is 8.54. The molecule has 8 heteroatoms. The van der Waals surface area contributed by atoms with Gasteiger partial charge in [-0.3, -0.25) is 0 Å². The Morgan fingerprint density at radius 1 is 1.59 bits per heavy atom. The molecule has 0 aliphatic rings. The number of aliphatic hydroxyl groups is 2. The van der Waals surface area contributed by atoms with Crippen LogP contribution in [-0.4, -0.2) is 27.8 Å². The van der Waals surface area contributed by atoms with Crippen molar-refractivity contribution >= 4 is 27.5 Å². The zero-order chi connectivity index (χ0) is 12.8. The van der Waals surface area contributed by atoms with Gasteiger partial charge in [-0.25, -0.2) is 4.98 Å². The first-order chi connectivity index (χ1) is 8.06. The van der Waals surface area contributed by atoms with Crippen LogP contribution in [0.15, 0.2) is 21.9 Å². The Hall–Kier alpha value is -0.850. The molecule has 0 fully saturated rings. The molecule has 1 heterocycles. The maximum Gasteiger partial charge on any atom is 0.129 e. The van der Waals surface area contributed by atoms with Crippen molar-refractivity contribution in [3.63, 3.8) is 0 Å². The van der Waals surface area contributed by atoms with Crippen molar-refractivity contribution in [1.29, 1.82) is 0 Å². The predicted octanol–water partition coefficient (Wildman–Crippen LogP) is 2.59. The number of halogens is 2. The number of rotatable bonds is 5. The summed E-state index contributed by atoms with van der Waals surface area (Å²) >= 11 is 8.91. The van der Waals surface area contributed by atoms with Crippen LogP contribution in [0.25, 0.3) is 10.4 Å². The maximum atomic E-state index is 9.89. The highest BCUT2D eigenvalue weighted by molar-refractivity contribution is 9.10. The van der Waals surface area contributed by atoms with E-state index in [2.05, 4.69) is 30.9 Å². The van der Waals surface area contributed by atoms with Crippen LogP contribution in [-0.2, 0) is 0 Å². The Bertz CT molecular complexity index is 439. The van der Waals surface area contributed by atoms with Gasteiger partial charge in [0.25, 0.3) is 0 Å². The van der Waals surface area contributed by atoms with E-state index < -0.39 is 12.2 Å². The molecule has 0 aliphatic carbocycles. The lowest BCUT2D eigenvalue weighted by molar-refractivity contribution is 0.0146. The Balaban J connectivity index is 2.76. The van der Waals surface area contributed by atoms with Gasteiger partial charge in [0.05, 0.1) is 6.10 Å². The molecule has 0 aromatic carbocycles. The van der Waals surface area contributed by atoms with Gasteiger partial charge in [0.15, 0.2) is 0 Å². The van der Waals surface area contributed by atoms with Crippen LogP contribution >= 0.6 is 27.5 Å². The van der Waals surface area contributed by atoms with E-state index in [0.717, 1.165) is 0 Å². The summed E-state index contributed by atoms with van der Waals surface area (Å²) < 4.78 is 0.553. The molecule has 0 radical (unpaired) electrons. The molecule has 1 rings (SSSR count). The summed E-state index contributed by atoms with van der Waals surface area (Å²) in [4.78, 5) is 6.38. The van der Waals surface area contributed by atoms with E-state index in [9.17, 15) is 10.2 Å². The third-order valence-electron chi connectivity index (χ3n) is 2.12. The average molecular weight is 322 g/mol. The fraction of sp³-hybridized carbons (Fsp3) is 0.444. The van der Waals surface area contributed by atoms with Crippen molar-refractivity contribution in [2.45, 2.75) is 18.6 Å². The molecular formula is C9H10BrClN4O2. The van der Waals surface area contributed by atoms with Gasteiger partial charge in [0.1, 0.15) is 11.3 Å². The van der Waals surface area contributed by atoms with E-state index in [-0.39, 0.29) is 18.1 Å². The molecule has 2 unspecified atom stereocenters. The minimum absolute atomic E-state index is 0.116. The molecule has 0 bridgehead atoms. The van der Waals surface area contributed by atoms with Gasteiger partial charge in [0.2, 0.25) is 0 Å². The summed E-state index contributed by atoms with van der Waals surface area (Å²) in [6.45, 7) is 0.116. The van der Waals surface area contributed by atoms with Crippen LogP contribution in [0.1, 0.15) is 18.1 Å². The summed E-state index contributed by atoms with van der Waals surface area (Å²) in [5.74, 6) is 0. The fourth-order valence-electron chi connectivity index (χ4n) is 1.25. The molecule has 17 heavy (non-hydrogen) atoms. The normalized spacial score (nSPS) is 13.9. The van der Waals surface area contributed by atoms with Crippen molar-refractivity contribution in [2.24, 2.45) is 5.11 Å². The van der Waals surface area contributed by atoms with Gasteiger partial charge in [-0.15, -0.1) is 0 Å². The Labute approximate surface area is 111 Å². The van der Waals surface area contributed by atoms with Crippen LogP contribution in [0.2, 0.25) is 5.15 Å². The van der Waals surface area contributed by atoms with E-state index in [1.54, 1.807) is 0 Å². The lowest BCUT2D eigenvalue weighted by atomic mass is 10.0. The fourth-order valence-corrected chi connectivity index (χ4v) is 1.87. The third kappa shape index (κ3) is 4.14. The van der Waals surface area contributed by atoms with Gasteiger partial charge in [0, 0.05) is 27.7 Å². The number of pyridine rings is 1. The summed E-state index contributed by atoms with van der Waals surface area (Å²) in [7, 11) is 0. The molecule has 0 aliphatic heterocycles. The first-order valence-electron chi connectivity index (χ1n) is 4.74. The summed E-state index contributed by atoms with van der Waals surface area (Å²) in [6.07, 6.45) is -0.535. The highest BCUT2D eigenvalue weighted by Gasteiger charge is 2.20. The van der Waals surface area contributed by atoms with E-state index in [1.165, 1.54) is 12.3 Å². The van der Waals surface area contributed by atoms with Crippen LogP contribution in [0, 0.1) is 0 Å². The number of hydrogen-bond acceptors (Lipinski definition) is 4. The zero-order valence-corrected chi connectivity index (χ0v) is 11.0. The number of aromatic nitrogens is 1. The van der Waals surface area contributed by atoms with Crippen molar-refractivity contribution < 1.29 is 10.2 Å². The molecule has 2 atom stereocenters. The Kier molecular flexibility index (Phi) is 5.67. The number of azide groups is 1.